The van der Waals surface area contributed by atoms with E-state index >= 15 is 0 Å². The summed E-state index contributed by atoms with van der Waals surface area (Å²) in [5.74, 6) is 0.663. The minimum absolute atomic E-state index is 0.545. The Bertz CT molecular complexity index is 526. The van der Waals surface area contributed by atoms with Crippen molar-refractivity contribution in [3.05, 3.63) is 52.7 Å². The quantitative estimate of drug-likeness (QED) is 0.876. The molecular weight excluding hydrogens is 234 g/mol. The number of nitrogens with two attached hydrogens (primary N) is 1. The molecular formula is C13H14ClN3. The highest BCUT2D eigenvalue weighted by molar-refractivity contribution is 6.30. The molecule has 17 heavy (non-hydrogen) atoms. The van der Waals surface area contributed by atoms with E-state index in [0.29, 0.717) is 23.1 Å². The van der Waals surface area contributed by atoms with Gasteiger partial charge in [-0.25, -0.2) is 4.98 Å². The average Bonchev–Trinajstić information content (AvgIpc) is 2.28. The Morgan fingerprint density at radius 3 is 2.88 bits per heavy atom. The highest BCUT2D eigenvalue weighted by atomic mass is 35.5. The van der Waals surface area contributed by atoms with Crippen LogP contribution in [0.4, 0.5) is 11.5 Å². The van der Waals surface area contributed by atoms with Crippen LogP contribution < -0.4 is 11.1 Å². The number of nitrogens with one attached hydrogen (secondary N) is 1. The summed E-state index contributed by atoms with van der Waals surface area (Å²) in [5, 5.41) is 3.73. The number of hydrogen-bond acceptors (Lipinski definition) is 3. The lowest BCUT2D eigenvalue weighted by Gasteiger charge is -2.08. The third kappa shape index (κ3) is 3.11. The van der Waals surface area contributed by atoms with Gasteiger partial charge in [-0.15, -0.1) is 0 Å². The first kappa shape index (κ1) is 11.7. The van der Waals surface area contributed by atoms with E-state index in [1.165, 1.54) is 11.1 Å². The summed E-state index contributed by atoms with van der Waals surface area (Å²) in [6.07, 6.45) is 1.58. The summed E-state index contributed by atoms with van der Waals surface area (Å²) >= 11 is 5.78. The molecule has 1 aromatic carbocycles. The Hall–Kier alpha value is -1.74. The number of aryl methyl sites for hydroxylation is 1. The number of pyridine rings is 1. The summed E-state index contributed by atoms with van der Waals surface area (Å²) in [4.78, 5) is 4.15. The second-order valence-electron chi connectivity index (χ2n) is 3.93. The van der Waals surface area contributed by atoms with Gasteiger partial charge in [-0.3, -0.25) is 0 Å². The van der Waals surface area contributed by atoms with Crippen molar-refractivity contribution < 1.29 is 0 Å². The Kier molecular flexibility index (Phi) is 3.49. The molecule has 2 rings (SSSR count). The molecule has 1 aromatic heterocycles. The van der Waals surface area contributed by atoms with Crippen LogP contribution in [0.25, 0.3) is 0 Å². The van der Waals surface area contributed by atoms with E-state index in [2.05, 4.69) is 35.4 Å². The van der Waals surface area contributed by atoms with Crippen molar-refractivity contribution >= 4 is 23.1 Å². The molecule has 3 nitrogen and oxygen atoms in total. The van der Waals surface area contributed by atoms with Crippen LogP contribution in [0.5, 0.6) is 0 Å². The molecule has 0 bridgehead atoms. The van der Waals surface area contributed by atoms with E-state index in [9.17, 15) is 0 Å². The molecule has 0 spiro atoms. The molecule has 0 amide bonds. The molecule has 0 aliphatic heterocycles. The third-order valence-electron chi connectivity index (χ3n) is 2.43. The maximum Gasteiger partial charge on any atom is 0.149 e. The second kappa shape index (κ2) is 5.06. The fourth-order valence-electron chi connectivity index (χ4n) is 1.61. The van der Waals surface area contributed by atoms with Crippen molar-refractivity contribution in [2.45, 2.75) is 13.5 Å². The first-order valence-corrected chi connectivity index (χ1v) is 5.73. The van der Waals surface area contributed by atoms with Crippen LogP contribution >= 0.6 is 11.6 Å². The smallest absolute Gasteiger partial charge is 0.149 e. The summed E-state index contributed by atoms with van der Waals surface area (Å²) in [6, 6.07) is 9.97. The molecule has 1 heterocycles. The zero-order valence-electron chi connectivity index (χ0n) is 9.57. The maximum absolute atomic E-state index is 5.81. The second-order valence-corrected chi connectivity index (χ2v) is 4.37. The molecule has 0 radical (unpaired) electrons. The van der Waals surface area contributed by atoms with Gasteiger partial charge in [0.2, 0.25) is 0 Å². The molecule has 0 fully saturated rings. The first-order chi connectivity index (χ1) is 8.15. The van der Waals surface area contributed by atoms with E-state index in [4.69, 9.17) is 17.3 Å². The van der Waals surface area contributed by atoms with Crippen LogP contribution in [0.2, 0.25) is 5.02 Å². The van der Waals surface area contributed by atoms with Gasteiger partial charge in [0.25, 0.3) is 0 Å². The number of anilines is 2. The standard InChI is InChI=1S/C13H14ClN3/c1-9-3-2-4-10(5-9)7-16-13-12(15)6-11(14)8-17-13/h2-6,8H,7,15H2,1H3,(H,16,17). The fraction of sp³-hybridized carbons (Fsp3) is 0.154. The topological polar surface area (TPSA) is 50.9 Å². The van der Waals surface area contributed by atoms with E-state index in [-0.39, 0.29) is 0 Å². The lowest BCUT2D eigenvalue weighted by Crippen LogP contribution is -2.04. The predicted molar refractivity (Wildman–Crippen MR) is 72.2 cm³/mol. The Morgan fingerprint density at radius 1 is 1.35 bits per heavy atom. The lowest BCUT2D eigenvalue weighted by molar-refractivity contribution is 1.11. The van der Waals surface area contributed by atoms with Gasteiger partial charge >= 0.3 is 0 Å². The molecule has 88 valence electrons. The highest BCUT2D eigenvalue weighted by Crippen LogP contribution is 2.20. The maximum atomic E-state index is 5.81. The Morgan fingerprint density at radius 2 is 2.18 bits per heavy atom. The van der Waals surface area contributed by atoms with Gasteiger partial charge in [-0.2, -0.15) is 0 Å². The van der Waals surface area contributed by atoms with E-state index < -0.39 is 0 Å². The summed E-state index contributed by atoms with van der Waals surface area (Å²) < 4.78 is 0. The number of benzene rings is 1. The number of hydrogen-bond donors (Lipinski definition) is 2. The molecule has 3 N–H and O–H groups in total. The summed E-state index contributed by atoms with van der Waals surface area (Å²) in [5.41, 5.74) is 8.80. The molecule has 0 aliphatic carbocycles. The minimum Gasteiger partial charge on any atom is -0.396 e. The largest absolute Gasteiger partial charge is 0.396 e. The van der Waals surface area contributed by atoms with Crippen molar-refractivity contribution in [3.8, 4) is 0 Å². The SMILES string of the molecule is Cc1cccc(CNc2ncc(Cl)cc2N)c1. The third-order valence-corrected chi connectivity index (χ3v) is 2.63. The molecule has 0 aliphatic rings. The van der Waals surface area contributed by atoms with Gasteiger partial charge in [0.15, 0.2) is 0 Å². The van der Waals surface area contributed by atoms with Crippen LogP contribution in [0.3, 0.4) is 0 Å². The summed E-state index contributed by atoms with van der Waals surface area (Å²) in [7, 11) is 0. The van der Waals surface area contributed by atoms with E-state index in [1.807, 2.05) is 6.07 Å². The molecule has 4 heteroatoms. The highest BCUT2D eigenvalue weighted by Gasteiger charge is 2.01. The van der Waals surface area contributed by atoms with Crippen LogP contribution in [0.15, 0.2) is 36.5 Å². The number of nitrogen functional groups attached to an aromatic ring is 1. The molecule has 0 saturated carbocycles. The number of aromatic nitrogens is 1. The van der Waals surface area contributed by atoms with Crippen molar-refractivity contribution in [2.75, 3.05) is 11.1 Å². The lowest BCUT2D eigenvalue weighted by atomic mass is 10.1. The molecule has 0 unspecified atom stereocenters. The molecule has 2 aromatic rings. The zero-order valence-corrected chi connectivity index (χ0v) is 10.3. The molecule has 0 atom stereocenters. The van der Waals surface area contributed by atoms with Crippen LogP contribution in [0.1, 0.15) is 11.1 Å². The normalized spacial score (nSPS) is 10.2. The Labute approximate surface area is 106 Å². The predicted octanol–water partition coefficient (Wildman–Crippen LogP) is 3.24. The van der Waals surface area contributed by atoms with Gasteiger partial charge in [0.05, 0.1) is 10.7 Å². The fourth-order valence-corrected chi connectivity index (χ4v) is 1.78. The molecule has 0 saturated heterocycles. The van der Waals surface area contributed by atoms with Gasteiger partial charge in [-0.1, -0.05) is 41.4 Å². The van der Waals surface area contributed by atoms with Crippen LogP contribution in [-0.4, -0.2) is 4.98 Å². The van der Waals surface area contributed by atoms with Gasteiger partial charge in [0.1, 0.15) is 5.82 Å². The average molecular weight is 248 g/mol. The Balaban J connectivity index is 2.07. The number of nitrogens with zero attached hydrogens (tertiary/aromatic N) is 1. The van der Waals surface area contributed by atoms with Gasteiger partial charge in [-0.05, 0) is 18.6 Å². The van der Waals surface area contributed by atoms with Crippen molar-refractivity contribution in [1.29, 1.82) is 0 Å². The van der Waals surface area contributed by atoms with Crippen LogP contribution in [-0.2, 0) is 6.54 Å². The number of halogens is 1. The van der Waals surface area contributed by atoms with Gasteiger partial charge in [0, 0.05) is 12.7 Å². The van der Waals surface area contributed by atoms with Crippen molar-refractivity contribution in [1.82, 2.24) is 4.98 Å². The monoisotopic (exact) mass is 247 g/mol. The minimum atomic E-state index is 0.545. The van der Waals surface area contributed by atoms with Crippen molar-refractivity contribution in [2.24, 2.45) is 0 Å². The van der Waals surface area contributed by atoms with Crippen LogP contribution in [0, 0.1) is 6.92 Å². The zero-order chi connectivity index (χ0) is 12.3. The number of rotatable bonds is 3. The van der Waals surface area contributed by atoms with E-state index in [0.717, 1.165) is 0 Å². The van der Waals surface area contributed by atoms with Gasteiger partial charge < -0.3 is 11.1 Å². The first-order valence-electron chi connectivity index (χ1n) is 5.35. The van der Waals surface area contributed by atoms with E-state index in [1.54, 1.807) is 12.3 Å². The summed E-state index contributed by atoms with van der Waals surface area (Å²) in [6.45, 7) is 2.76. The van der Waals surface area contributed by atoms with Crippen molar-refractivity contribution in [3.63, 3.8) is 0 Å².